The SMILES string of the molecule is O=C(Cn1cccnc1=O)NC1CCCC12CCN(Cc1ccc(F)c(F)c1)CC2. The summed E-state index contributed by atoms with van der Waals surface area (Å²) in [6, 6.07) is 5.80. The monoisotopic (exact) mass is 416 g/mol. The van der Waals surface area contributed by atoms with Crippen LogP contribution in [0.4, 0.5) is 8.78 Å². The van der Waals surface area contributed by atoms with Crippen molar-refractivity contribution in [2.45, 2.75) is 51.2 Å². The van der Waals surface area contributed by atoms with Gasteiger partial charge in [0, 0.05) is 25.0 Å². The number of amides is 1. The molecule has 1 aliphatic carbocycles. The van der Waals surface area contributed by atoms with Gasteiger partial charge in [-0.1, -0.05) is 12.5 Å². The van der Waals surface area contributed by atoms with Crippen LogP contribution in [0.25, 0.3) is 0 Å². The number of nitrogens with zero attached hydrogens (tertiary/aromatic N) is 3. The lowest BCUT2D eigenvalue weighted by atomic mass is 9.74. The molecular weight excluding hydrogens is 390 g/mol. The first-order valence-corrected chi connectivity index (χ1v) is 10.4. The van der Waals surface area contributed by atoms with Crippen molar-refractivity contribution in [1.82, 2.24) is 19.8 Å². The number of rotatable bonds is 5. The van der Waals surface area contributed by atoms with Crippen molar-refractivity contribution in [2.75, 3.05) is 13.1 Å². The maximum atomic E-state index is 13.5. The van der Waals surface area contributed by atoms with Crippen molar-refractivity contribution in [3.8, 4) is 0 Å². The molecule has 30 heavy (non-hydrogen) atoms. The van der Waals surface area contributed by atoms with Gasteiger partial charge in [-0.25, -0.2) is 18.6 Å². The molecule has 0 bridgehead atoms. The number of aromatic nitrogens is 2. The van der Waals surface area contributed by atoms with E-state index < -0.39 is 17.3 Å². The van der Waals surface area contributed by atoms with Crippen molar-refractivity contribution < 1.29 is 13.6 Å². The van der Waals surface area contributed by atoms with Crippen molar-refractivity contribution in [2.24, 2.45) is 5.41 Å². The number of carbonyl (C=O) groups excluding carboxylic acids is 1. The van der Waals surface area contributed by atoms with Crippen LogP contribution in [0.15, 0.2) is 41.5 Å². The lowest BCUT2D eigenvalue weighted by molar-refractivity contribution is -0.123. The Morgan fingerprint density at radius 2 is 2.00 bits per heavy atom. The van der Waals surface area contributed by atoms with Gasteiger partial charge in [-0.2, -0.15) is 0 Å². The molecule has 160 valence electrons. The number of hydrogen-bond donors (Lipinski definition) is 1. The number of benzene rings is 1. The highest BCUT2D eigenvalue weighted by atomic mass is 19.2. The predicted molar refractivity (Wildman–Crippen MR) is 108 cm³/mol. The van der Waals surface area contributed by atoms with E-state index in [0.29, 0.717) is 6.54 Å². The summed E-state index contributed by atoms with van der Waals surface area (Å²) in [5, 5.41) is 3.16. The molecule has 1 saturated carbocycles. The van der Waals surface area contributed by atoms with Crippen LogP contribution >= 0.6 is 0 Å². The van der Waals surface area contributed by atoms with Crippen LogP contribution in [0.5, 0.6) is 0 Å². The van der Waals surface area contributed by atoms with Gasteiger partial charge in [0.15, 0.2) is 11.6 Å². The van der Waals surface area contributed by atoms with E-state index in [4.69, 9.17) is 0 Å². The highest BCUT2D eigenvalue weighted by molar-refractivity contribution is 5.76. The van der Waals surface area contributed by atoms with Crippen LogP contribution in [-0.2, 0) is 17.9 Å². The van der Waals surface area contributed by atoms with E-state index in [9.17, 15) is 18.4 Å². The summed E-state index contributed by atoms with van der Waals surface area (Å²) in [7, 11) is 0. The third-order valence-electron chi connectivity index (χ3n) is 6.58. The Hall–Kier alpha value is -2.61. The van der Waals surface area contributed by atoms with Crippen LogP contribution in [0, 0.1) is 17.0 Å². The molecule has 1 spiro atoms. The number of carbonyl (C=O) groups is 1. The molecule has 8 heteroatoms. The minimum atomic E-state index is -0.825. The molecule has 2 aromatic rings. The third kappa shape index (κ3) is 4.43. The van der Waals surface area contributed by atoms with E-state index in [1.54, 1.807) is 18.3 Å². The van der Waals surface area contributed by atoms with Crippen LogP contribution in [0.2, 0.25) is 0 Å². The van der Waals surface area contributed by atoms with E-state index in [1.165, 1.54) is 22.9 Å². The van der Waals surface area contributed by atoms with Gasteiger partial charge in [-0.15, -0.1) is 0 Å². The van der Waals surface area contributed by atoms with Gasteiger partial charge in [0.2, 0.25) is 5.91 Å². The summed E-state index contributed by atoms with van der Waals surface area (Å²) in [5.41, 5.74) is 0.405. The zero-order chi connectivity index (χ0) is 21.1. The van der Waals surface area contributed by atoms with Crippen molar-refractivity contribution in [3.63, 3.8) is 0 Å². The van der Waals surface area contributed by atoms with Gasteiger partial charge in [0.1, 0.15) is 6.54 Å². The summed E-state index contributed by atoms with van der Waals surface area (Å²) in [6.07, 6.45) is 7.97. The molecule has 6 nitrogen and oxygen atoms in total. The minimum absolute atomic E-state index is 0.0263. The molecule has 1 atom stereocenters. The second-order valence-corrected chi connectivity index (χ2v) is 8.43. The molecular formula is C22H26F2N4O2. The Labute approximate surface area is 173 Å². The standard InChI is InChI=1S/C22H26F2N4O2/c23-17-5-4-16(13-18(17)24)14-27-11-7-22(8-12-27)6-1-3-19(22)26-20(29)15-28-10-2-9-25-21(28)30/h2,4-5,9-10,13,19H,1,3,6-8,11-12,14-15H2,(H,26,29). The second kappa shape index (κ2) is 8.63. The molecule has 1 saturated heterocycles. The quantitative estimate of drug-likeness (QED) is 0.813. The van der Waals surface area contributed by atoms with E-state index >= 15 is 0 Å². The summed E-state index contributed by atoms with van der Waals surface area (Å²) in [6.45, 7) is 2.27. The second-order valence-electron chi connectivity index (χ2n) is 8.43. The van der Waals surface area contributed by atoms with Gasteiger partial charge in [0.05, 0.1) is 0 Å². The highest BCUT2D eigenvalue weighted by Gasteiger charge is 2.45. The fraction of sp³-hybridized carbons (Fsp3) is 0.500. The van der Waals surface area contributed by atoms with Gasteiger partial charge < -0.3 is 5.32 Å². The largest absolute Gasteiger partial charge is 0.351 e. The molecule has 1 amide bonds. The number of hydrogen-bond acceptors (Lipinski definition) is 4. The Balaban J connectivity index is 1.34. The fourth-order valence-electron chi connectivity index (χ4n) is 4.92. The first kappa shape index (κ1) is 20.7. The van der Waals surface area contributed by atoms with E-state index in [0.717, 1.165) is 50.8 Å². The first-order chi connectivity index (χ1) is 14.4. The molecule has 2 heterocycles. The molecule has 0 radical (unpaired) electrons. The van der Waals surface area contributed by atoms with Crippen LogP contribution in [0.1, 0.15) is 37.7 Å². The van der Waals surface area contributed by atoms with Crippen LogP contribution in [0.3, 0.4) is 0 Å². The summed E-state index contributed by atoms with van der Waals surface area (Å²) in [4.78, 5) is 30.2. The summed E-state index contributed by atoms with van der Waals surface area (Å²) >= 11 is 0. The first-order valence-electron chi connectivity index (χ1n) is 10.4. The topological polar surface area (TPSA) is 67.2 Å². The number of nitrogens with one attached hydrogen (secondary N) is 1. The zero-order valence-corrected chi connectivity index (χ0v) is 16.8. The zero-order valence-electron chi connectivity index (χ0n) is 16.8. The molecule has 1 aromatic carbocycles. The Kier molecular flexibility index (Phi) is 5.94. The van der Waals surface area contributed by atoms with Crippen LogP contribution in [-0.4, -0.2) is 39.5 Å². The normalized spacial score (nSPS) is 21.1. The van der Waals surface area contributed by atoms with E-state index in [-0.39, 0.29) is 23.9 Å². The lowest BCUT2D eigenvalue weighted by Gasteiger charge is -2.43. The predicted octanol–water partition coefficient (Wildman–Crippen LogP) is 2.47. The van der Waals surface area contributed by atoms with E-state index in [2.05, 4.69) is 15.2 Å². The number of halogens is 2. The molecule has 4 rings (SSSR count). The van der Waals surface area contributed by atoms with Crippen molar-refractivity contribution in [3.05, 3.63) is 64.3 Å². The van der Waals surface area contributed by atoms with Gasteiger partial charge in [0.25, 0.3) is 0 Å². The maximum absolute atomic E-state index is 13.5. The summed E-state index contributed by atoms with van der Waals surface area (Å²) in [5.74, 6) is -1.80. The molecule has 1 aliphatic heterocycles. The Morgan fingerprint density at radius 1 is 1.20 bits per heavy atom. The average Bonchev–Trinajstić information content (AvgIpc) is 3.10. The molecule has 2 fully saturated rings. The summed E-state index contributed by atoms with van der Waals surface area (Å²) < 4.78 is 27.9. The van der Waals surface area contributed by atoms with Crippen LogP contribution < -0.4 is 11.0 Å². The molecule has 2 aliphatic rings. The molecule has 1 N–H and O–H groups in total. The fourth-order valence-corrected chi connectivity index (χ4v) is 4.92. The van der Waals surface area contributed by atoms with Crippen molar-refractivity contribution >= 4 is 5.91 Å². The van der Waals surface area contributed by atoms with Gasteiger partial charge >= 0.3 is 5.69 Å². The molecule has 1 aromatic heterocycles. The Morgan fingerprint density at radius 3 is 2.73 bits per heavy atom. The Bertz CT molecular complexity index is 970. The highest BCUT2D eigenvalue weighted by Crippen LogP contribution is 2.46. The molecule has 1 unspecified atom stereocenters. The maximum Gasteiger partial charge on any atom is 0.347 e. The lowest BCUT2D eigenvalue weighted by Crippen LogP contribution is -2.51. The number of likely N-dealkylation sites (tertiary alicyclic amines) is 1. The van der Waals surface area contributed by atoms with Crippen molar-refractivity contribution in [1.29, 1.82) is 0 Å². The van der Waals surface area contributed by atoms with Gasteiger partial charge in [-0.3, -0.25) is 14.3 Å². The third-order valence-corrected chi connectivity index (χ3v) is 6.58. The number of piperidine rings is 1. The van der Waals surface area contributed by atoms with Gasteiger partial charge in [-0.05, 0) is 68.0 Å². The van der Waals surface area contributed by atoms with E-state index in [1.807, 2.05) is 0 Å². The average molecular weight is 416 g/mol. The smallest absolute Gasteiger partial charge is 0.347 e. The minimum Gasteiger partial charge on any atom is -0.351 e.